The normalized spacial score (nSPS) is 16.8. The quantitative estimate of drug-likeness (QED) is 0.755. The molecule has 0 aliphatic carbocycles. The number of carbonyl (C=O) groups is 1. The second-order valence-corrected chi connectivity index (χ2v) is 4.97. The third-order valence-electron chi connectivity index (χ3n) is 2.83. The third kappa shape index (κ3) is 2.42. The summed E-state index contributed by atoms with van der Waals surface area (Å²) in [5.74, 6) is -0.743. The van der Waals surface area contributed by atoms with Crippen molar-refractivity contribution in [1.82, 2.24) is 0 Å². The molecule has 0 aromatic heterocycles. The lowest BCUT2D eigenvalue weighted by Gasteiger charge is -2.28. The monoisotopic (exact) mass is 249 g/mol. The molecule has 3 nitrogen and oxygen atoms in total. The summed E-state index contributed by atoms with van der Waals surface area (Å²) in [4.78, 5) is 16.3. The number of hydrogen-bond donors (Lipinski definition) is 0. The first-order chi connectivity index (χ1) is 8.43. The van der Waals surface area contributed by atoms with E-state index in [-0.39, 0.29) is 5.82 Å². The van der Waals surface area contributed by atoms with Crippen LogP contribution in [0.3, 0.4) is 0 Å². The van der Waals surface area contributed by atoms with E-state index in [1.54, 1.807) is 13.0 Å². The molecule has 2 rings (SSSR count). The van der Waals surface area contributed by atoms with Gasteiger partial charge >= 0.3 is 5.97 Å². The van der Waals surface area contributed by atoms with E-state index in [1.807, 2.05) is 13.8 Å². The predicted molar refractivity (Wildman–Crippen MR) is 67.4 cm³/mol. The minimum Gasteiger partial charge on any atom is -0.461 e. The molecule has 4 heteroatoms. The van der Waals surface area contributed by atoms with Crippen LogP contribution in [0.25, 0.3) is 0 Å². The van der Waals surface area contributed by atoms with Gasteiger partial charge in [0.1, 0.15) is 5.82 Å². The first-order valence-electron chi connectivity index (χ1n) is 5.99. The number of fused-ring (bicyclic) bond motifs is 1. The van der Waals surface area contributed by atoms with Gasteiger partial charge in [-0.05, 0) is 51.0 Å². The van der Waals surface area contributed by atoms with E-state index in [9.17, 15) is 9.18 Å². The van der Waals surface area contributed by atoms with E-state index in [4.69, 9.17) is 4.74 Å². The van der Waals surface area contributed by atoms with Gasteiger partial charge in [-0.1, -0.05) is 0 Å². The number of esters is 1. The molecule has 1 aromatic rings. The first kappa shape index (κ1) is 12.7. The average molecular weight is 249 g/mol. The maximum Gasteiger partial charge on any atom is 0.357 e. The molecule has 1 aliphatic heterocycles. The Morgan fingerprint density at radius 2 is 2.22 bits per heavy atom. The summed E-state index contributed by atoms with van der Waals surface area (Å²) in [6.45, 7) is 5.88. The van der Waals surface area contributed by atoms with Crippen LogP contribution in [0.2, 0.25) is 0 Å². The fourth-order valence-corrected chi connectivity index (χ4v) is 2.16. The highest BCUT2D eigenvalue weighted by Crippen LogP contribution is 2.27. The van der Waals surface area contributed by atoms with Gasteiger partial charge in [-0.3, -0.25) is 4.99 Å². The molecule has 0 amide bonds. The number of aliphatic imine (C=N–C) groups is 1. The van der Waals surface area contributed by atoms with Gasteiger partial charge in [-0.25, -0.2) is 9.18 Å². The van der Waals surface area contributed by atoms with Gasteiger partial charge in [0.2, 0.25) is 0 Å². The minimum atomic E-state index is -0.446. The zero-order chi connectivity index (χ0) is 13.3. The van der Waals surface area contributed by atoms with Crippen LogP contribution in [0.5, 0.6) is 0 Å². The number of benzene rings is 1. The van der Waals surface area contributed by atoms with E-state index >= 15 is 0 Å². The van der Waals surface area contributed by atoms with Gasteiger partial charge in [-0.2, -0.15) is 0 Å². The molecule has 0 radical (unpaired) electrons. The zero-order valence-electron chi connectivity index (χ0n) is 10.8. The highest BCUT2D eigenvalue weighted by molar-refractivity contribution is 6.44. The molecule has 1 aliphatic rings. The van der Waals surface area contributed by atoms with E-state index in [1.165, 1.54) is 12.1 Å². The van der Waals surface area contributed by atoms with E-state index in [0.717, 1.165) is 5.56 Å². The van der Waals surface area contributed by atoms with Gasteiger partial charge in [0.25, 0.3) is 0 Å². The molecular weight excluding hydrogens is 233 g/mol. The van der Waals surface area contributed by atoms with Crippen LogP contribution in [-0.4, -0.2) is 23.8 Å². The van der Waals surface area contributed by atoms with Crippen molar-refractivity contribution in [1.29, 1.82) is 0 Å². The van der Waals surface area contributed by atoms with E-state index < -0.39 is 11.5 Å². The summed E-state index contributed by atoms with van der Waals surface area (Å²) in [5, 5.41) is 0. The number of hydrogen-bond acceptors (Lipinski definition) is 3. The maximum atomic E-state index is 13.3. The van der Waals surface area contributed by atoms with Gasteiger partial charge in [0, 0.05) is 5.56 Å². The molecule has 0 atom stereocenters. The topological polar surface area (TPSA) is 38.7 Å². The van der Waals surface area contributed by atoms with Crippen molar-refractivity contribution in [2.24, 2.45) is 4.99 Å². The predicted octanol–water partition coefficient (Wildman–Crippen LogP) is 2.51. The highest BCUT2D eigenvalue weighted by Gasteiger charge is 2.30. The van der Waals surface area contributed by atoms with Crippen molar-refractivity contribution < 1.29 is 13.9 Å². The molecule has 1 aromatic carbocycles. The Morgan fingerprint density at radius 1 is 1.50 bits per heavy atom. The van der Waals surface area contributed by atoms with Crippen LogP contribution >= 0.6 is 0 Å². The van der Waals surface area contributed by atoms with Crippen molar-refractivity contribution >= 4 is 11.7 Å². The Morgan fingerprint density at radius 3 is 2.89 bits per heavy atom. The zero-order valence-corrected chi connectivity index (χ0v) is 10.8. The lowest BCUT2D eigenvalue weighted by molar-refractivity contribution is -0.135. The van der Waals surface area contributed by atoms with Crippen LogP contribution in [0.15, 0.2) is 23.2 Å². The molecule has 0 N–H and O–H groups in total. The van der Waals surface area contributed by atoms with E-state index in [2.05, 4.69) is 4.99 Å². The van der Waals surface area contributed by atoms with Gasteiger partial charge in [0.15, 0.2) is 5.71 Å². The van der Waals surface area contributed by atoms with Crippen molar-refractivity contribution in [3.05, 3.63) is 35.1 Å². The summed E-state index contributed by atoms with van der Waals surface area (Å²) >= 11 is 0. The molecule has 0 unspecified atom stereocenters. The van der Waals surface area contributed by atoms with Crippen LogP contribution in [0.4, 0.5) is 4.39 Å². The summed E-state index contributed by atoms with van der Waals surface area (Å²) in [6, 6.07) is 4.40. The van der Waals surface area contributed by atoms with Crippen molar-refractivity contribution in [3.63, 3.8) is 0 Å². The number of rotatable bonds is 2. The lowest BCUT2D eigenvalue weighted by atomic mass is 9.87. The van der Waals surface area contributed by atoms with Crippen LogP contribution in [-0.2, 0) is 16.0 Å². The largest absolute Gasteiger partial charge is 0.461 e. The van der Waals surface area contributed by atoms with Gasteiger partial charge in [-0.15, -0.1) is 0 Å². The van der Waals surface area contributed by atoms with Crippen molar-refractivity contribution in [3.8, 4) is 0 Å². The Labute approximate surface area is 106 Å². The molecular formula is C14H16FNO2. The van der Waals surface area contributed by atoms with Crippen LogP contribution < -0.4 is 0 Å². The Hall–Kier alpha value is -1.71. The fourth-order valence-electron chi connectivity index (χ4n) is 2.16. The Bertz CT molecular complexity index is 521. The molecule has 18 heavy (non-hydrogen) atoms. The molecule has 96 valence electrons. The standard InChI is InChI=1S/C14H16FNO2/c1-4-18-13(17)12-11-6-5-10(15)7-9(11)8-14(2,3)16-12/h5-7H,4,8H2,1-3H3. The van der Waals surface area contributed by atoms with Crippen molar-refractivity contribution in [2.75, 3.05) is 6.61 Å². The third-order valence-corrected chi connectivity index (χ3v) is 2.83. The summed E-state index contributed by atoms with van der Waals surface area (Å²) in [5.41, 5.74) is 1.36. The van der Waals surface area contributed by atoms with Crippen LogP contribution in [0.1, 0.15) is 31.9 Å². The maximum absolute atomic E-state index is 13.3. The second-order valence-electron chi connectivity index (χ2n) is 4.97. The highest BCUT2D eigenvalue weighted by atomic mass is 19.1. The number of nitrogens with zero attached hydrogens (tertiary/aromatic N) is 1. The Balaban J connectivity index is 2.50. The number of carbonyl (C=O) groups excluding carboxylic acids is 1. The minimum absolute atomic E-state index is 0.295. The Kier molecular flexibility index (Phi) is 3.20. The van der Waals surface area contributed by atoms with E-state index in [0.29, 0.717) is 24.3 Å². The second kappa shape index (κ2) is 4.52. The number of halogens is 1. The molecule has 0 saturated carbocycles. The fraction of sp³-hybridized carbons (Fsp3) is 0.429. The molecule has 0 bridgehead atoms. The smallest absolute Gasteiger partial charge is 0.357 e. The summed E-state index contributed by atoms with van der Waals surface area (Å²) < 4.78 is 18.3. The van der Waals surface area contributed by atoms with Crippen molar-refractivity contribution in [2.45, 2.75) is 32.7 Å². The van der Waals surface area contributed by atoms with Gasteiger partial charge < -0.3 is 4.74 Å². The first-order valence-corrected chi connectivity index (χ1v) is 5.99. The SMILES string of the molecule is CCOC(=O)C1=NC(C)(C)Cc2cc(F)ccc21. The average Bonchev–Trinajstić information content (AvgIpc) is 2.26. The number of ether oxygens (including phenoxy) is 1. The molecule has 0 spiro atoms. The lowest BCUT2D eigenvalue weighted by Crippen LogP contribution is -2.33. The summed E-state index contributed by atoms with van der Waals surface area (Å²) in [6.07, 6.45) is 0.614. The molecule has 1 heterocycles. The molecule has 0 fully saturated rings. The summed E-state index contributed by atoms with van der Waals surface area (Å²) in [7, 11) is 0. The van der Waals surface area contributed by atoms with Crippen LogP contribution in [0, 0.1) is 5.82 Å². The molecule has 0 saturated heterocycles. The van der Waals surface area contributed by atoms with Gasteiger partial charge in [0.05, 0.1) is 12.1 Å².